The zero-order valence-electron chi connectivity index (χ0n) is 18.3. The lowest BCUT2D eigenvalue weighted by atomic mass is 10.2. The number of nitrogens with two attached hydrogens (primary N) is 1. The van der Waals surface area contributed by atoms with Crippen molar-refractivity contribution in [3.8, 4) is 0 Å². The zero-order valence-corrected chi connectivity index (χ0v) is 19.1. The number of hydrogen-bond donors (Lipinski definition) is 3. The Kier molecular flexibility index (Phi) is 9.36. The lowest BCUT2D eigenvalue weighted by Gasteiger charge is -2.09. The molecule has 0 aliphatic heterocycles. The number of amides is 2. The lowest BCUT2D eigenvalue weighted by molar-refractivity contribution is -0.143. The van der Waals surface area contributed by atoms with Gasteiger partial charge in [0.05, 0.1) is 23.2 Å². The number of fused-ring (bicyclic) bond motifs is 1. The van der Waals surface area contributed by atoms with Crippen molar-refractivity contribution >= 4 is 52.6 Å². The summed E-state index contributed by atoms with van der Waals surface area (Å²) in [6, 6.07) is 4.24. The van der Waals surface area contributed by atoms with Crippen LogP contribution in [0.5, 0.6) is 0 Å². The maximum Gasteiger partial charge on any atom is 0.416 e. The summed E-state index contributed by atoms with van der Waals surface area (Å²) in [6.07, 6.45) is -4.05. The van der Waals surface area contributed by atoms with Crippen LogP contribution in [0.1, 0.15) is 23.2 Å². The number of urea groups is 1. The first-order valence-electron chi connectivity index (χ1n) is 10.1. The monoisotopic (exact) mass is 534 g/mol. The number of rotatable bonds is 7. The van der Waals surface area contributed by atoms with Gasteiger partial charge in [0.1, 0.15) is 6.61 Å². The number of anilines is 2. The molecule has 36 heavy (non-hydrogen) atoms. The van der Waals surface area contributed by atoms with Gasteiger partial charge >= 0.3 is 18.2 Å². The number of nitrogens with zero attached hydrogens (tertiary/aromatic N) is 1. The molecule has 0 radical (unpaired) electrons. The van der Waals surface area contributed by atoms with Crippen LogP contribution < -0.4 is 16.4 Å². The number of carbonyl (C=O) groups excluding carboxylic acids is 3. The Morgan fingerprint density at radius 1 is 0.972 bits per heavy atom. The van der Waals surface area contributed by atoms with E-state index in [0.717, 1.165) is 47.2 Å². The summed E-state index contributed by atoms with van der Waals surface area (Å²) < 4.78 is 71.5. The highest BCUT2D eigenvalue weighted by atomic mass is 35.5. The Morgan fingerprint density at radius 3 is 2.22 bits per heavy atom. The first kappa shape index (κ1) is 28.5. The number of esters is 1. The van der Waals surface area contributed by atoms with Crippen molar-refractivity contribution < 1.29 is 41.1 Å². The van der Waals surface area contributed by atoms with Crippen LogP contribution >= 0.6 is 12.4 Å². The number of ether oxygens (including phenoxy) is 1. The van der Waals surface area contributed by atoms with Gasteiger partial charge in [-0.2, -0.15) is 13.2 Å². The fraction of sp³-hybridized carbons (Fsp3) is 0.227. The molecule has 14 heteroatoms. The fourth-order valence-corrected chi connectivity index (χ4v) is 3.13. The van der Waals surface area contributed by atoms with Crippen LogP contribution in [0.15, 0.2) is 42.6 Å². The smallest absolute Gasteiger partial charge is 0.416 e. The molecule has 0 saturated heterocycles. The number of halogens is 6. The highest BCUT2D eigenvalue weighted by Crippen LogP contribution is 2.31. The second-order valence-electron chi connectivity index (χ2n) is 7.25. The first-order valence-corrected chi connectivity index (χ1v) is 10.1. The summed E-state index contributed by atoms with van der Waals surface area (Å²) in [7, 11) is 0. The van der Waals surface area contributed by atoms with E-state index in [1.807, 2.05) is 0 Å². The number of nitrogens with one attached hydrogen (secondary N) is 2. The second kappa shape index (κ2) is 11.8. The highest BCUT2D eigenvalue weighted by Gasteiger charge is 2.30. The molecular weight excluding hydrogens is 515 g/mol. The van der Waals surface area contributed by atoms with Crippen LogP contribution in [0.25, 0.3) is 10.9 Å². The standard InChI is InChI=1S/C22H19F5N4O4.ClH/c23-15-9-14-17(30-21(34)29-13-3-1-12(2-4-13)22(25,26)27)11-31(18(14)10-16(15)24)19(32)5-6-20(33)35-8-7-28;/h1-4,9-11H,5-8,28H2,(H2,29,30,34);1H. The van der Waals surface area contributed by atoms with Crippen molar-refractivity contribution in [3.05, 3.63) is 59.8 Å². The van der Waals surface area contributed by atoms with E-state index in [1.165, 1.54) is 0 Å². The topological polar surface area (TPSA) is 115 Å². The van der Waals surface area contributed by atoms with Crippen molar-refractivity contribution in [1.29, 1.82) is 0 Å². The Hall–Kier alpha value is -3.71. The molecule has 3 aromatic rings. The van der Waals surface area contributed by atoms with E-state index in [9.17, 15) is 36.3 Å². The molecule has 0 bridgehead atoms. The Balaban J connectivity index is 0.00000456. The summed E-state index contributed by atoms with van der Waals surface area (Å²) in [5, 5.41) is 4.64. The molecule has 0 saturated carbocycles. The molecule has 8 nitrogen and oxygen atoms in total. The molecular formula is C22H20ClF5N4O4. The molecule has 4 N–H and O–H groups in total. The lowest BCUT2D eigenvalue weighted by Crippen LogP contribution is -2.19. The molecule has 0 aliphatic carbocycles. The van der Waals surface area contributed by atoms with Crippen LogP contribution in [-0.2, 0) is 15.7 Å². The molecule has 1 aromatic heterocycles. The van der Waals surface area contributed by atoms with Gasteiger partial charge in [-0.15, -0.1) is 12.4 Å². The minimum Gasteiger partial charge on any atom is -0.464 e. The molecule has 0 unspecified atom stereocenters. The third-order valence-corrected chi connectivity index (χ3v) is 4.76. The molecule has 2 aromatic carbocycles. The maximum absolute atomic E-state index is 13.9. The van der Waals surface area contributed by atoms with E-state index < -0.39 is 41.3 Å². The summed E-state index contributed by atoms with van der Waals surface area (Å²) in [6.45, 7) is 0.0857. The molecule has 3 rings (SSSR count). The van der Waals surface area contributed by atoms with E-state index in [0.29, 0.717) is 0 Å². The molecule has 194 valence electrons. The van der Waals surface area contributed by atoms with Gasteiger partial charge in [0.25, 0.3) is 0 Å². The van der Waals surface area contributed by atoms with Crippen molar-refractivity contribution in [2.75, 3.05) is 23.8 Å². The average Bonchev–Trinajstić information content (AvgIpc) is 3.12. The Labute approximate surface area is 207 Å². The largest absolute Gasteiger partial charge is 0.464 e. The second-order valence-corrected chi connectivity index (χ2v) is 7.25. The van der Waals surface area contributed by atoms with Crippen molar-refractivity contribution in [2.45, 2.75) is 19.0 Å². The van der Waals surface area contributed by atoms with Gasteiger partial charge < -0.3 is 21.1 Å². The molecule has 1 heterocycles. The first-order chi connectivity index (χ1) is 16.5. The number of carbonyl (C=O) groups is 3. The quantitative estimate of drug-likeness (QED) is 0.294. The van der Waals surface area contributed by atoms with Gasteiger partial charge in [-0.1, -0.05) is 0 Å². The summed E-state index contributed by atoms with van der Waals surface area (Å²) in [4.78, 5) is 36.6. The van der Waals surface area contributed by atoms with Crippen molar-refractivity contribution in [1.82, 2.24) is 4.57 Å². The summed E-state index contributed by atoms with van der Waals surface area (Å²) >= 11 is 0. The average molecular weight is 535 g/mol. The summed E-state index contributed by atoms with van der Waals surface area (Å²) in [5.74, 6) is -3.82. The molecule has 0 fully saturated rings. The van der Waals surface area contributed by atoms with E-state index in [-0.39, 0.29) is 60.7 Å². The predicted molar refractivity (Wildman–Crippen MR) is 123 cm³/mol. The predicted octanol–water partition coefficient (Wildman–Crippen LogP) is 4.93. The van der Waals surface area contributed by atoms with Crippen LogP contribution in [0.3, 0.4) is 0 Å². The van der Waals surface area contributed by atoms with Crippen LogP contribution in [-0.4, -0.2) is 35.6 Å². The number of hydrogen-bond acceptors (Lipinski definition) is 5. The van der Waals surface area contributed by atoms with Crippen LogP contribution in [0.4, 0.5) is 38.1 Å². The van der Waals surface area contributed by atoms with Gasteiger partial charge in [0, 0.05) is 36.3 Å². The molecule has 2 amide bonds. The van der Waals surface area contributed by atoms with Crippen molar-refractivity contribution in [2.24, 2.45) is 5.73 Å². The zero-order chi connectivity index (χ0) is 25.8. The number of benzene rings is 2. The van der Waals surface area contributed by atoms with E-state index >= 15 is 0 Å². The van der Waals surface area contributed by atoms with Crippen LogP contribution in [0, 0.1) is 11.6 Å². The van der Waals surface area contributed by atoms with Gasteiger partial charge in [-0.25, -0.2) is 13.6 Å². The molecule has 0 atom stereocenters. The summed E-state index contributed by atoms with van der Waals surface area (Å²) in [5.41, 5.74) is 4.20. The Bertz CT molecular complexity index is 1260. The van der Waals surface area contributed by atoms with E-state index in [2.05, 4.69) is 10.6 Å². The van der Waals surface area contributed by atoms with Crippen molar-refractivity contribution in [3.63, 3.8) is 0 Å². The van der Waals surface area contributed by atoms with E-state index in [4.69, 9.17) is 10.5 Å². The van der Waals surface area contributed by atoms with Gasteiger partial charge in [0.15, 0.2) is 11.6 Å². The molecule has 0 spiro atoms. The highest BCUT2D eigenvalue weighted by molar-refractivity contribution is 6.08. The van der Waals surface area contributed by atoms with Gasteiger partial charge in [-0.05, 0) is 30.3 Å². The molecule has 0 aliphatic rings. The van der Waals surface area contributed by atoms with E-state index in [1.54, 1.807) is 0 Å². The van der Waals surface area contributed by atoms with Gasteiger partial charge in [-0.3, -0.25) is 14.2 Å². The number of alkyl halides is 3. The third-order valence-electron chi connectivity index (χ3n) is 4.76. The SMILES string of the molecule is Cl.NCCOC(=O)CCC(=O)n1cc(NC(=O)Nc2ccc(C(F)(F)F)cc2)c2cc(F)c(F)cc21. The maximum atomic E-state index is 13.9. The fourth-order valence-electron chi connectivity index (χ4n) is 3.13. The minimum absolute atomic E-state index is 0. The Morgan fingerprint density at radius 2 is 1.61 bits per heavy atom. The normalized spacial score (nSPS) is 11.1. The number of aromatic nitrogens is 1. The minimum atomic E-state index is -4.55. The van der Waals surface area contributed by atoms with Crippen LogP contribution in [0.2, 0.25) is 0 Å². The van der Waals surface area contributed by atoms with Gasteiger partial charge in [0.2, 0.25) is 5.91 Å². The third kappa shape index (κ3) is 6.92.